The van der Waals surface area contributed by atoms with E-state index in [1.165, 1.54) is 11.3 Å². The topological polar surface area (TPSA) is 77.5 Å². The number of rotatable bonds is 7. The molecule has 2 aromatic rings. The van der Waals surface area contributed by atoms with Crippen LogP contribution in [-0.4, -0.2) is 33.7 Å². The second-order valence-electron chi connectivity index (χ2n) is 9.86. The summed E-state index contributed by atoms with van der Waals surface area (Å²) in [6, 6.07) is 12.3. The normalized spacial score (nSPS) is 28.6. The lowest BCUT2D eigenvalue weighted by Crippen LogP contribution is -2.40. The first-order chi connectivity index (χ1) is 14.9. The SMILES string of the molecule is Cc1ccc(OC2CCC(CC(=O)c3ccc([C@H]4CC[C@](N)(CO)C4)n3C)CC2)cc1. The number of nitrogens with two attached hydrogens (primary N) is 1. The van der Waals surface area contributed by atoms with Crippen molar-refractivity contribution in [2.24, 2.45) is 18.7 Å². The summed E-state index contributed by atoms with van der Waals surface area (Å²) in [6.45, 7) is 2.10. The molecule has 0 radical (unpaired) electrons. The number of aryl methyl sites for hydroxylation is 1. The Bertz CT molecular complexity index is 896. The third-order valence-electron chi connectivity index (χ3n) is 7.41. The maximum Gasteiger partial charge on any atom is 0.179 e. The number of ether oxygens (including phenoxy) is 1. The summed E-state index contributed by atoms with van der Waals surface area (Å²) in [5.41, 5.74) is 8.98. The highest BCUT2D eigenvalue weighted by Gasteiger charge is 2.37. The second-order valence-corrected chi connectivity index (χ2v) is 9.86. The van der Waals surface area contributed by atoms with Crippen molar-refractivity contribution in [2.75, 3.05) is 6.61 Å². The number of carbonyl (C=O) groups excluding carboxylic acids is 1. The Morgan fingerprint density at radius 3 is 2.48 bits per heavy atom. The maximum atomic E-state index is 13.0. The number of aliphatic hydroxyl groups is 1. The number of aromatic nitrogens is 1. The van der Waals surface area contributed by atoms with Crippen LogP contribution in [0.2, 0.25) is 0 Å². The van der Waals surface area contributed by atoms with Gasteiger partial charge in [0.05, 0.1) is 18.4 Å². The second kappa shape index (κ2) is 9.17. The minimum atomic E-state index is -0.474. The number of aliphatic hydroxyl groups excluding tert-OH is 1. The molecule has 5 nitrogen and oxygen atoms in total. The third kappa shape index (κ3) is 5.04. The van der Waals surface area contributed by atoms with Crippen molar-refractivity contribution in [3.63, 3.8) is 0 Å². The molecule has 2 saturated carbocycles. The number of benzene rings is 1. The Labute approximate surface area is 185 Å². The highest BCUT2D eigenvalue weighted by atomic mass is 16.5. The fraction of sp³-hybridized carbons (Fsp3) is 0.577. The fourth-order valence-electron chi connectivity index (χ4n) is 5.40. The van der Waals surface area contributed by atoms with Crippen LogP contribution in [0.4, 0.5) is 0 Å². The maximum absolute atomic E-state index is 13.0. The Balaban J connectivity index is 1.29. The van der Waals surface area contributed by atoms with E-state index in [0.717, 1.165) is 56.4 Å². The summed E-state index contributed by atoms with van der Waals surface area (Å²) in [5, 5.41) is 9.55. The number of carbonyl (C=O) groups is 1. The van der Waals surface area contributed by atoms with Crippen molar-refractivity contribution in [1.29, 1.82) is 0 Å². The molecular weight excluding hydrogens is 388 g/mol. The molecule has 1 aromatic carbocycles. The van der Waals surface area contributed by atoms with Gasteiger partial charge in [-0.2, -0.15) is 0 Å². The van der Waals surface area contributed by atoms with E-state index in [0.29, 0.717) is 18.3 Å². The van der Waals surface area contributed by atoms with Crippen molar-refractivity contribution < 1.29 is 14.6 Å². The minimum Gasteiger partial charge on any atom is -0.490 e. The van der Waals surface area contributed by atoms with Crippen LogP contribution in [0.25, 0.3) is 0 Å². The predicted molar refractivity (Wildman–Crippen MR) is 123 cm³/mol. The molecule has 1 heterocycles. The average molecular weight is 425 g/mol. The van der Waals surface area contributed by atoms with Crippen molar-refractivity contribution in [3.05, 3.63) is 53.3 Å². The van der Waals surface area contributed by atoms with Gasteiger partial charge in [0.25, 0.3) is 0 Å². The molecule has 5 heteroatoms. The van der Waals surface area contributed by atoms with Gasteiger partial charge in [0.15, 0.2) is 5.78 Å². The molecule has 0 saturated heterocycles. The number of nitrogens with zero attached hydrogens (tertiary/aromatic N) is 1. The summed E-state index contributed by atoms with van der Waals surface area (Å²) >= 11 is 0. The molecule has 2 fully saturated rings. The van der Waals surface area contributed by atoms with Crippen LogP contribution >= 0.6 is 0 Å². The predicted octanol–water partition coefficient (Wildman–Crippen LogP) is 4.50. The van der Waals surface area contributed by atoms with Crippen LogP contribution in [0.15, 0.2) is 36.4 Å². The third-order valence-corrected chi connectivity index (χ3v) is 7.41. The van der Waals surface area contributed by atoms with E-state index in [4.69, 9.17) is 10.5 Å². The van der Waals surface area contributed by atoms with Gasteiger partial charge in [0, 0.05) is 30.6 Å². The Morgan fingerprint density at radius 1 is 1.13 bits per heavy atom. The monoisotopic (exact) mass is 424 g/mol. The standard InChI is InChI=1S/C26H36N2O3/c1-18-3-7-21(8-4-18)31-22-9-5-19(6-10-22)15-25(30)24-12-11-23(28(24)2)20-13-14-26(27,16-20)17-29/h3-4,7-8,11-12,19-20,22,29H,5-6,9-10,13-17,27H2,1-2H3/t19?,20-,22?,26+/m0/s1. The fourth-order valence-corrected chi connectivity index (χ4v) is 5.40. The van der Waals surface area contributed by atoms with Crippen LogP contribution < -0.4 is 10.5 Å². The zero-order valence-electron chi connectivity index (χ0n) is 18.8. The molecule has 4 rings (SSSR count). The lowest BCUT2D eigenvalue weighted by Gasteiger charge is -2.28. The van der Waals surface area contributed by atoms with Crippen LogP contribution in [0.3, 0.4) is 0 Å². The van der Waals surface area contributed by atoms with Gasteiger partial charge in [0.1, 0.15) is 5.75 Å². The minimum absolute atomic E-state index is 0.0238. The van der Waals surface area contributed by atoms with Crippen molar-refractivity contribution in [2.45, 2.75) is 75.9 Å². The van der Waals surface area contributed by atoms with Crippen LogP contribution in [0.5, 0.6) is 5.75 Å². The molecule has 2 atom stereocenters. The van der Waals surface area contributed by atoms with E-state index in [1.54, 1.807) is 0 Å². The molecule has 0 unspecified atom stereocenters. The Hall–Kier alpha value is -2.11. The van der Waals surface area contributed by atoms with Gasteiger partial charge in [-0.15, -0.1) is 0 Å². The zero-order valence-corrected chi connectivity index (χ0v) is 18.8. The highest BCUT2D eigenvalue weighted by Crippen LogP contribution is 2.40. The van der Waals surface area contributed by atoms with Gasteiger partial charge in [-0.05, 0) is 82.1 Å². The van der Waals surface area contributed by atoms with Crippen molar-refractivity contribution in [1.82, 2.24) is 4.57 Å². The molecular formula is C26H36N2O3. The first kappa shape index (κ1) is 22.1. The van der Waals surface area contributed by atoms with E-state index in [-0.39, 0.29) is 18.5 Å². The van der Waals surface area contributed by atoms with E-state index >= 15 is 0 Å². The Morgan fingerprint density at radius 2 is 1.84 bits per heavy atom. The smallest absolute Gasteiger partial charge is 0.179 e. The highest BCUT2D eigenvalue weighted by molar-refractivity contribution is 5.95. The molecule has 0 aliphatic heterocycles. The molecule has 0 amide bonds. The summed E-state index contributed by atoms with van der Waals surface area (Å²) in [5.74, 6) is 1.92. The van der Waals surface area contributed by atoms with Crippen LogP contribution in [0.1, 0.15) is 79.0 Å². The number of hydrogen-bond acceptors (Lipinski definition) is 4. The number of ketones is 1. The van der Waals surface area contributed by atoms with Crippen molar-refractivity contribution in [3.8, 4) is 5.75 Å². The summed E-state index contributed by atoms with van der Waals surface area (Å²) < 4.78 is 8.19. The number of hydrogen-bond donors (Lipinski definition) is 2. The molecule has 2 aliphatic carbocycles. The summed E-state index contributed by atoms with van der Waals surface area (Å²) in [7, 11) is 1.99. The molecule has 1 aromatic heterocycles. The molecule has 31 heavy (non-hydrogen) atoms. The largest absolute Gasteiger partial charge is 0.490 e. The quantitative estimate of drug-likeness (QED) is 0.642. The average Bonchev–Trinajstić information content (AvgIpc) is 3.34. The van der Waals surface area contributed by atoms with E-state index < -0.39 is 5.54 Å². The lowest BCUT2D eigenvalue weighted by atomic mass is 9.84. The van der Waals surface area contributed by atoms with Gasteiger partial charge in [-0.1, -0.05) is 17.7 Å². The summed E-state index contributed by atoms with van der Waals surface area (Å²) in [6.07, 6.45) is 7.52. The zero-order chi connectivity index (χ0) is 22.0. The molecule has 2 aliphatic rings. The number of Topliss-reactive ketones (excluding diaryl/α,β-unsaturated/α-hetero) is 1. The van der Waals surface area contributed by atoms with Gasteiger partial charge in [-0.25, -0.2) is 0 Å². The summed E-state index contributed by atoms with van der Waals surface area (Å²) in [4.78, 5) is 13.0. The van der Waals surface area contributed by atoms with Crippen molar-refractivity contribution >= 4 is 5.78 Å². The Kier molecular flexibility index (Phi) is 6.54. The van der Waals surface area contributed by atoms with Gasteiger partial charge in [-0.3, -0.25) is 4.79 Å². The molecule has 168 valence electrons. The van der Waals surface area contributed by atoms with Gasteiger partial charge in [0.2, 0.25) is 0 Å². The first-order valence-electron chi connectivity index (χ1n) is 11.7. The van der Waals surface area contributed by atoms with E-state index in [9.17, 15) is 9.90 Å². The van der Waals surface area contributed by atoms with Gasteiger partial charge < -0.3 is 20.1 Å². The molecule has 3 N–H and O–H groups in total. The van der Waals surface area contributed by atoms with Gasteiger partial charge >= 0.3 is 0 Å². The molecule has 0 spiro atoms. The van der Waals surface area contributed by atoms with E-state index in [2.05, 4.69) is 29.7 Å². The lowest BCUT2D eigenvalue weighted by molar-refractivity contribution is 0.0894. The molecule has 0 bridgehead atoms. The van der Waals surface area contributed by atoms with E-state index in [1.807, 2.05) is 25.2 Å². The van der Waals surface area contributed by atoms with Crippen LogP contribution in [0, 0.1) is 12.8 Å². The van der Waals surface area contributed by atoms with Crippen LogP contribution in [-0.2, 0) is 7.05 Å². The first-order valence-corrected chi connectivity index (χ1v) is 11.7.